The summed E-state index contributed by atoms with van der Waals surface area (Å²) in [5.41, 5.74) is -0.706. The van der Waals surface area contributed by atoms with Crippen LogP contribution in [0.4, 0.5) is 12.9 Å². The summed E-state index contributed by atoms with van der Waals surface area (Å²) in [7, 11) is 0. The number of hydrogen-bond acceptors (Lipinski definition) is 2. The van der Waals surface area contributed by atoms with Gasteiger partial charge in [0.15, 0.2) is 0 Å². The average molecular weight is 209 g/mol. The Hall–Kier alpha value is -0.675. The third-order valence-corrected chi connectivity index (χ3v) is 2.03. The lowest BCUT2D eigenvalue weighted by Crippen LogP contribution is -2.26. The summed E-state index contributed by atoms with van der Waals surface area (Å²) < 4.78 is 41.3. The lowest BCUT2D eigenvalue weighted by Gasteiger charge is -2.20. The van der Waals surface area contributed by atoms with Gasteiger partial charge >= 0.3 is 12.9 Å². The Kier molecular flexibility index (Phi) is 2.58. The molecule has 0 amide bonds. The van der Waals surface area contributed by atoms with E-state index in [1.807, 2.05) is 0 Å². The monoisotopic (exact) mass is 209 g/mol. The molecule has 0 radical (unpaired) electrons. The molecule has 82 valence electrons. The number of ether oxygens (including phenoxy) is 1. The first kappa shape index (κ1) is 11.4. The summed E-state index contributed by atoms with van der Waals surface area (Å²) in [6.07, 6.45) is -0.0988. The van der Waals surface area contributed by atoms with Gasteiger partial charge in [-0.1, -0.05) is 12.2 Å². The van der Waals surface area contributed by atoms with Gasteiger partial charge in [-0.2, -0.15) is 0 Å². The van der Waals surface area contributed by atoms with E-state index in [-0.39, 0.29) is 6.42 Å². The molecule has 2 atom stereocenters. The molecule has 2 nitrogen and oxygen atoms in total. The molecule has 1 aliphatic rings. The van der Waals surface area contributed by atoms with Crippen LogP contribution in [0.5, 0.6) is 0 Å². The van der Waals surface area contributed by atoms with E-state index in [0.29, 0.717) is 0 Å². The quantitative estimate of drug-likeness (QED) is 0.516. The number of carbonyl (C=O) groups is 1. The van der Waals surface area contributed by atoms with Crippen molar-refractivity contribution in [1.82, 2.24) is 0 Å². The fourth-order valence-electron chi connectivity index (χ4n) is 1.28. The molecule has 1 saturated carbocycles. The Bertz CT molecular complexity index is 244. The topological polar surface area (TPSA) is 26.3 Å². The standard InChI is InChI=1S/C8H13BF3O2/c1-8(2,3)14-7(13)5-4-6(5)9(10,11)12/h5-6H,4H2,1-3H3/q-1. The zero-order chi connectivity index (χ0) is 11.1. The molecule has 1 aliphatic carbocycles. The van der Waals surface area contributed by atoms with E-state index in [9.17, 15) is 17.7 Å². The van der Waals surface area contributed by atoms with Gasteiger partial charge in [0.05, 0.1) is 0 Å². The molecule has 0 bridgehead atoms. The summed E-state index contributed by atoms with van der Waals surface area (Å²) in [5.74, 6) is -3.10. The summed E-state index contributed by atoms with van der Waals surface area (Å²) in [6, 6.07) is 0. The van der Waals surface area contributed by atoms with Gasteiger partial charge in [-0.3, -0.25) is 4.79 Å². The first-order valence-corrected chi connectivity index (χ1v) is 4.54. The van der Waals surface area contributed by atoms with Crippen molar-refractivity contribution in [2.45, 2.75) is 38.6 Å². The van der Waals surface area contributed by atoms with Gasteiger partial charge in [-0.15, -0.1) is 0 Å². The Morgan fingerprint density at radius 3 is 2.14 bits per heavy atom. The van der Waals surface area contributed by atoms with Gasteiger partial charge in [0.25, 0.3) is 0 Å². The van der Waals surface area contributed by atoms with Crippen molar-refractivity contribution in [3.63, 3.8) is 0 Å². The number of carbonyl (C=O) groups excluding carboxylic acids is 1. The van der Waals surface area contributed by atoms with Gasteiger partial charge in [-0.25, -0.2) is 0 Å². The molecule has 14 heavy (non-hydrogen) atoms. The van der Waals surface area contributed by atoms with Gasteiger partial charge in [0, 0.05) is 5.92 Å². The van der Waals surface area contributed by atoms with Crippen molar-refractivity contribution < 1.29 is 22.5 Å². The predicted molar refractivity (Wildman–Crippen MR) is 46.8 cm³/mol. The Morgan fingerprint density at radius 1 is 1.36 bits per heavy atom. The Labute approximate surface area is 80.9 Å². The van der Waals surface area contributed by atoms with Crippen molar-refractivity contribution in [3.8, 4) is 0 Å². The van der Waals surface area contributed by atoms with Gasteiger partial charge in [0.1, 0.15) is 5.60 Å². The fourth-order valence-corrected chi connectivity index (χ4v) is 1.28. The number of hydrogen-bond donors (Lipinski definition) is 0. The van der Waals surface area contributed by atoms with Crippen molar-refractivity contribution in [3.05, 3.63) is 0 Å². The fraction of sp³-hybridized carbons (Fsp3) is 0.875. The van der Waals surface area contributed by atoms with Crippen molar-refractivity contribution in [2.24, 2.45) is 5.92 Å². The van der Waals surface area contributed by atoms with E-state index in [0.717, 1.165) is 0 Å². The molecule has 0 saturated heterocycles. The molecule has 1 fully saturated rings. The predicted octanol–water partition coefficient (Wildman–Crippen LogP) is 2.57. The summed E-state index contributed by atoms with van der Waals surface area (Å²) in [6.45, 7) is 0.0439. The molecule has 0 N–H and O–H groups in total. The normalized spacial score (nSPS) is 27.3. The smallest absolute Gasteiger partial charge is 0.460 e. The number of rotatable bonds is 2. The molecular weight excluding hydrogens is 196 g/mol. The van der Waals surface area contributed by atoms with Crippen molar-refractivity contribution in [2.75, 3.05) is 0 Å². The molecule has 0 spiro atoms. The van der Waals surface area contributed by atoms with Crippen molar-refractivity contribution in [1.29, 1.82) is 0 Å². The third-order valence-electron chi connectivity index (χ3n) is 2.03. The molecule has 0 aromatic carbocycles. The highest BCUT2D eigenvalue weighted by molar-refractivity contribution is 6.61. The summed E-state index contributed by atoms with van der Waals surface area (Å²) >= 11 is 0. The second-order valence-electron chi connectivity index (χ2n) is 4.66. The van der Waals surface area contributed by atoms with E-state index in [2.05, 4.69) is 0 Å². The van der Waals surface area contributed by atoms with Crippen LogP contribution in [-0.2, 0) is 9.53 Å². The summed E-state index contributed by atoms with van der Waals surface area (Å²) in [5, 5.41) is 0. The zero-order valence-corrected chi connectivity index (χ0v) is 8.39. The van der Waals surface area contributed by atoms with Crippen LogP contribution in [0.1, 0.15) is 27.2 Å². The number of halogens is 3. The minimum absolute atomic E-state index is 0.0988. The summed E-state index contributed by atoms with van der Waals surface area (Å²) in [4.78, 5) is 11.2. The van der Waals surface area contributed by atoms with Crippen LogP contribution in [0.25, 0.3) is 0 Å². The minimum atomic E-state index is -4.88. The van der Waals surface area contributed by atoms with Gasteiger partial charge in [0.2, 0.25) is 0 Å². The first-order chi connectivity index (χ1) is 6.11. The molecule has 0 aromatic heterocycles. The molecule has 0 aliphatic heterocycles. The third kappa shape index (κ3) is 2.92. The second kappa shape index (κ2) is 3.17. The Morgan fingerprint density at radius 2 is 1.86 bits per heavy atom. The van der Waals surface area contributed by atoms with Gasteiger partial charge < -0.3 is 17.7 Å². The minimum Gasteiger partial charge on any atom is -0.460 e. The average Bonchev–Trinajstić information content (AvgIpc) is 2.55. The van der Waals surface area contributed by atoms with E-state index >= 15 is 0 Å². The van der Waals surface area contributed by atoms with Crippen molar-refractivity contribution >= 4 is 12.9 Å². The Balaban J connectivity index is 2.45. The van der Waals surface area contributed by atoms with E-state index in [1.54, 1.807) is 20.8 Å². The maximum atomic E-state index is 12.1. The largest absolute Gasteiger partial charge is 0.482 e. The van der Waals surface area contributed by atoms with Crippen LogP contribution < -0.4 is 0 Å². The molecule has 1 rings (SSSR count). The zero-order valence-electron chi connectivity index (χ0n) is 8.39. The van der Waals surface area contributed by atoms with Crippen LogP contribution in [-0.4, -0.2) is 18.5 Å². The molecule has 0 heterocycles. The SMILES string of the molecule is CC(C)(C)OC(=O)C1CC1[B-](F)(F)F. The first-order valence-electron chi connectivity index (χ1n) is 4.54. The van der Waals surface area contributed by atoms with Crippen LogP contribution >= 0.6 is 0 Å². The molecule has 0 aromatic rings. The van der Waals surface area contributed by atoms with Gasteiger partial charge in [-0.05, 0) is 20.8 Å². The highest BCUT2D eigenvalue weighted by Crippen LogP contribution is 2.54. The van der Waals surface area contributed by atoms with Crippen LogP contribution in [0, 0.1) is 5.92 Å². The van der Waals surface area contributed by atoms with Crippen LogP contribution in [0.15, 0.2) is 0 Å². The van der Waals surface area contributed by atoms with E-state index < -0.39 is 30.3 Å². The maximum absolute atomic E-state index is 12.1. The lowest BCUT2D eigenvalue weighted by atomic mass is 9.82. The van der Waals surface area contributed by atoms with E-state index in [1.165, 1.54) is 0 Å². The number of esters is 1. The highest BCUT2D eigenvalue weighted by atomic mass is 19.4. The highest BCUT2D eigenvalue weighted by Gasteiger charge is 2.55. The lowest BCUT2D eigenvalue weighted by molar-refractivity contribution is -0.156. The van der Waals surface area contributed by atoms with Crippen LogP contribution in [0.3, 0.4) is 0 Å². The van der Waals surface area contributed by atoms with E-state index in [4.69, 9.17) is 4.74 Å². The molecular formula is C8H13BF3O2-. The second-order valence-corrected chi connectivity index (χ2v) is 4.66. The van der Waals surface area contributed by atoms with Crippen LogP contribution in [0.2, 0.25) is 5.82 Å². The molecule has 6 heteroatoms. The molecule has 2 unspecified atom stereocenters. The maximum Gasteiger partial charge on any atom is 0.482 e.